The van der Waals surface area contributed by atoms with Gasteiger partial charge in [0.1, 0.15) is 4.90 Å². The van der Waals surface area contributed by atoms with Crippen molar-refractivity contribution in [3.8, 4) is 0 Å². The fourth-order valence-electron chi connectivity index (χ4n) is 1.80. The molecule has 1 rings (SSSR count). The monoisotopic (exact) mass is 314 g/mol. The first-order valence-electron chi connectivity index (χ1n) is 7.26. The summed E-state index contributed by atoms with van der Waals surface area (Å²) in [7, 11) is -3.50. The summed E-state index contributed by atoms with van der Waals surface area (Å²) in [4.78, 5) is 0.266. The molecule has 0 aliphatic heterocycles. The molecule has 0 fully saturated rings. The van der Waals surface area contributed by atoms with E-state index in [1.54, 1.807) is 32.0 Å². The summed E-state index contributed by atoms with van der Waals surface area (Å²) >= 11 is 0. The second-order valence-electron chi connectivity index (χ2n) is 5.67. The number of rotatable bonds is 9. The molecule has 0 heterocycles. The van der Waals surface area contributed by atoms with Crippen LogP contribution in [0.1, 0.15) is 27.7 Å². The molecule has 0 spiro atoms. The van der Waals surface area contributed by atoms with Crippen LogP contribution in [0.2, 0.25) is 0 Å². The predicted molar refractivity (Wildman–Crippen MR) is 86.0 cm³/mol. The average Bonchev–Trinajstić information content (AvgIpc) is 2.37. The lowest BCUT2D eigenvalue weighted by atomic mass is 10.2. The highest BCUT2D eigenvalue weighted by Gasteiger charge is 2.18. The van der Waals surface area contributed by atoms with Crippen molar-refractivity contribution in [2.45, 2.75) is 38.6 Å². The van der Waals surface area contributed by atoms with Crippen molar-refractivity contribution < 1.29 is 13.2 Å². The molecule has 0 bridgehead atoms. The van der Waals surface area contributed by atoms with Gasteiger partial charge in [-0.3, -0.25) is 0 Å². The Bertz CT molecular complexity index is 527. The van der Waals surface area contributed by atoms with E-state index in [9.17, 15) is 8.42 Å². The van der Waals surface area contributed by atoms with Gasteiger partial charge in [0.25, 0.3) is 0 Å². The molecule has 21 heavy (non-hydrogen) atoms. The highest BCUT2D eigenvalue weighted by atomic mass is 32.2. The predicted octanol–water partition coefficient (Wildman–Crippen LogP) is 2.46. The standard InChI is InChI=1S/C15H26N2O3S/c1-12(2)11-20-10-9-16-14-7-5-6-8-15(14)21(18,19)17-13(3)4/h5-8,12-13,16-17H,9-11H2,1-4H3. The van der Waals surface area contributed by atoms with Gasteiger partial charge in [-0.1, -0.05) is 26.0 Å². The number of hydrogen-bond acceptors (Lipinski definition) is 4. The quantitative estimate of drug-likeness (QED) is 0.687. The lowest BCUT2D eigenvalue weighted by Gasteiger charge is -2.15. The number of hydrogen-bond donors (Lipinski definition) is 2. The van der Waals surface area contributed by atoms with Crippen LogP contribution in [0.25, 0.3) is 0 Å². The minimum Gasteiger partial charge on any atom is -0.382 e. The van der Waals surface area contributed by atoms with Crippen molar-refractivity contribution in [1.82, 2.24) is 4.72 Å². The Morgan fingerprint density at radius 2 is 1.81 bits per heavy atom. The Morgan fingerprint density at radius 1 is 1.14 bits per heavy atom. The van der Waals surface area contributed by atoms with Gasteiger partial charge in [0.2, 0.25) is 10.0 Å². The molecule has 0 saturated carbocycles. The Morgan fingerprint density at radius 3 is 2.43 bits per heavy atom. The molecule has 1 aromatic rings. The largest absolute Gasteiger partial charge is 0.382 e. The Labute approximate surface area is 128 Å². The first kappa shape index (κ1) is 17.9. The Kier molecular flexibility index (Phi) is 7.14. The van der Waals surface area contributed by atoms with Crippen molar-refractivity contribution in [2.75, 3.05) is 25.1 Å². The van der Waals surface area contributed by atoms with Gasteiger partial charge in [-0.25, -0.2) is 13.1 Å². The van der Waals surface area contributed by atoms with E-state index in [0.29, 0.717) is 31.4 Å². The van der Waals surface area contributed by atoms with Gasteiger partial charge in [0.05, 0.1) is 12.3 Å². The normalized spacial score (nSPS) is 12.1. The van der Waals surface area contributed by atoms with Gasteiger partial charge in [-0.2, -0.15) is 0 Å². The minimum atomic E-state index is -3.50. The van der Waals surface area contributed by atoms with Crippen LogP contribution < -0.4 is 10.0 Å². The summed E-state index contributed by atoms with van der Waals surface area (Å²) in [5.74, 6) is 0.493. The number of para-hydroxylation sites is 1. The Hall–Kier alpha value is -1.11. The van der Waals surface area contributed by atoms with Crippen LogP contribution >= 0.6 is 0 Å². The second-order valence-corrected chi connectivity index (χ2v) is 7.35. The van der Waals surface area contributed by atoms with Crippen molar-refractivity contribution in [3.05, 3.63) is 24.3 Å². The second kappa shape index (κ2) is 8.36. The van der Waals surface area contributed by atoms with Crippen molar-refractivity contribution in [1.29, 1.82) is 0 Å². The molecule has 6 heteroatoms. The van der Waals surface area contributed by atoms with Crippen LogP contribution in [-0.4, -0.2) is 34.2 Å². The topological polar surface area (TPSA) is 67.4 Å². The fraction of sp³-hybridized carbons (Fsp3) is 0.600. The third kappa shape index (κ3) is 6.46. The fourth-order valence-corrected chi connectivity index (χ4v) is 3.23. The molecule has 0 radical (unpaired) electrons. The van der Waals surface area contributed by atoms with E-state index >= 15 is 0 Å². The first-order valence-corrected chi connectivity index (χ1v) is 8.74. The van der Waals surface area contributed by atoms with Gasteiger partial charge < -0.3 is 10.1 Å². The maximum absolute atomic E-state index is 12.3. The summed E-state index contributed by atoms with van der Waals surface area (Å²) in [5.41, 5.74) is 0.596. The van der Waals surface area contributed by atoms with Crippen molar-refractivity contribution >= 4 is 15.7 Å². The highest BCUT2D eigenvalue weighted by molar-refractivity contribution is 7.89. The smallest absolute Gasteiger partial charge is 0.242 e. The average molecular weight is 314 g/mol. The van der Waals surface area contributed by atoms with E-state index in [2.05, 4.69) is 23.9 Å². The maximum atomic E-state index is 12.3. The summed E-state index contributed by atoms with van der Waals surface area (Å²) in [6.45, 7) is 9.60. The summed E-state index contributed by atoms with van der Waals surface area (Å²) in [5, 5.41) is 3.12. The zero-order chi connectivity index (χ0) is 15.9. The number of benzene rings is 1. The van der Waals surface area contributed by atoms with E-state index in [1.165, 1.54) is 0 Å². The maximum Gasteiger partial charge on any atom is 0.242 e. The molecule has 5 nitrogen and oxygen atoms in total. The molecular formula is C15H26N2O3S. The SMILES string of the molecule is CC(C)COCCNc1ccccc1S(=O)(=O)NC(C)C. The summed E-state index contributed by atoms with van der Waals surface area (Å²) < 4.78 is 32.6. The molecule has 0 atom stereocenters. The van der Waals surface area contributed by atoms with Crippen LogP contribution in [0.15, 0.2) is 29.2 Å². The molecule has 2 N–H and O–H groups in total. The van der Waals surface area contributed by atoms with Crippen molar-refractivity contribution in [2.24, 2.45) is 5.92 Å². The van der Waals surface area contributed by atoms with Crippen LogP contribution in [-0.2, 0) is 14.8 Å². The lowest BCUT2D eigenvalue weighted by Crippen LogP contribution is -2.31. The van der Waals surface area contributed by atoms with Gasteiger partial charge >= 0.3 is 0 Å². The third-order valence-electron chi connectivity index (χ3n) is 2.58. The van der Waals surface area contributed by atoms with Crippen LogP contribution in [0.3, 0.4) is 0 Å². The molecule has 0 aromatic heterocycles. The molecule has 0 amide bonds. The zero-order valence-corrected chi connectivity index (χ0v) is 14.0. The van der Waals surface area contributed by atoms with Gasteiger partial charge in [-0.15, -0.1) is 0 Å². The Balaban J connectivity index is 2.67. The van der Waals surface area contributed by atoms with Crippen LogP contribution in [0.4, 0.5) is 5.69 Å². The summed E-state index contributed by atoms with van der Waals surface area (Å²) in [6.07, 6.45) is 0. The first-order chi connectivity index (χ1) is 9.83. The van der Waals surface area contributed by atoms with Crippen LogP contribution in [0, 0.1) is 5.92 Å². The van der Waals surface area contributed by atoms with Gasteiger partial charge in [0, 0.05) is 19.2 Å². The molecule has 120 valence electrons. The van der Waals surface area contributed by atoms with E-state index in [0.717, 1.165) is 0 Å². The lowest BCUT2D eigenvalue weighted by molar-refractivity contribution is 0.118. The number of sulfonamides is 1. The molecule has 0 aliphatic rings. The van der Waals surface area contributed by atoms with Gasteiger partial charge in [0.15, 0.2) is 0 Å². The molecule has 0 aliphatic carbocycles. The van der Waals surface area contributed by atoms with E-state index in [4.69, 9.17) is 4.74 Å². The van der Waals surface area contributed by atoms with E-state index < -0.39 is 10.0 Å². The zero-order valence-electron chi connectivity index (χ0n) is 13.2. The van der Waals surface area contributed by atoms with E-state index in [1.807, 2.05) is 6.07 Å². The molecular weight excluding hydrogens is 288 g/mol. The third-order valence-corrected chi connectivity index (χ3v) is 4.30. The number of anilines is 1. The molecule has 1 aromatic carbocycles. The minimum absolute atomic E-state index is 0.141. The summed E-state index contributed by atoms with van der Waals surface area (Å²) in [6, 6.07) is 6.75. The highest BCUT2D eigenvalue weighted by Crippen LogP contribution is 2.20. The van der Waals surface area contributed by atoms with E-state index in [-0.39, 0.29) is 10.9 Å². The molecule has 0 unspecified atom stereocenters. The number of nitrogens with one attached hydrogen (secondary N) is 2. The van der Waals surface area contributed by atoms with Crippen molar-refractivity contribution in [3.63, 3.8) is 0 Å². The molecule has 0 saturated heterocycles. The van der Waals surface area contributed by atoms with Gasteiger partial charge in [-0.05, 0) is 31.9 Å². The van der Waals surface area contributed by atoms with Crippen LogP contribution in [0.5, 0.6) is 0 Å². The number of ether oxygens (including phenoxy) is 1.